The Labute approximate surface area is 230 Å². The van der Waals surface area contributed by atoms with Crippen molar-refractivity contribution < 1.29 is 19.1 Å². The summed E-state index contributed by atoms with van der Waals surface area (Å²) in [6, 6.07) is 34.2. The highest BCUT2D eigenvalue weighted by atomic mass is 16.5. The molecule has 0 heterocycles. The highest BCUT2D eigenvalue weighted by molar-refractivity contribution is 5.95. The molecule has 0 aliphatic heterocycles. The predicted octanol–water partition coefficient (Wildman–Crippen LogP) is 5.48. The van der Waals surface area contributed by atoms with Crippen LogP contribution in [0.3, 0.4) is 0 Å². The maximum Gasteiger partial charge on any atom is 0.251 e. The van der Waals surface area contributed by atoms with E-state index in [0.29, 0.717) is 35.8 Å². The zero-order chi connectivity index (χ0) is 27.3. The van der Waals surface area contributed by atoms with Gasteiger partial charge in [0.2, 0.25) is 0 Å². The SMILES string of the molecule is CC(CNC(=O)c1cccc(OCCc2ccccc2)c1)NC(=O)c1cccc(OCCc2ccccc2)c1. The minimum Gasteiger partial charge on any atom is -0.493 e. The van der Waals surface area contributed by atoms with Gasteiger partial charge in [-0.05, 0) is 54.4 Å². The first-order chi connectivity index (χ1) is 19.1. The molecule has 1 atom stereocenters. The molecular formula is C33H34N2O4. The minimum absolute atomic E-state index is 0.223. The molecule has 0 saturated carbocycles. The normalized spacial score (nSPS) is 11.3. The molecule has 39 heavy (non-hydrogen) atoms. The van der Waals surface area contributed by atoms with Crippen LogP contribution in [0, 0.1) is 0 Å². The van der Waals surface area contributed by atoms with E-state index in [4.69, 9.17) is 9.47 Å². The van der Waals surface area contributed by atoms with E-state index in [1.54, 1.807) is 36.4 Å². The summed E-state index contributed by atoms with van der Waals surface area (Å²) >= 11 is 0. The van der Waals surface area contributed by atoms with Crippen molar-refractivity contribution in [2.24, 2.45) is 0 Å². The van der Waals surface area contributed by atoms with Crippen LogP contribution in [0.25, 0.3) is 0 Å². The summed E-state index contributed by atoms with van der Waals surface area (Å²) in [6.45, 7) is 3.19. The lowest BCUT2D eigenvalue weighted by molar-refractivity contribution is 0.0912. The predicted molar refractivity (Wildman–Crippen MR) is 153 cm³/mol. The molecule has 0 saturated heterocycles. The molecule has 0 bridgehead atoms. The standard InChI is InChI=1S/C33H34N2O4/c1-25(35-33(37)29-15-9-17-31(23-29)39-21-19-27-12-6-3-7-13-27)24-34-32(36)28-14-8-16-30(22-28)38-20-18-26-10-4-2-5-11-26/h2-17,22-23,25H,18-21,24H2,1H3,(H,34,36)(H,35,37). The molecule has 6 heteroatoms. The lowest BCUT2D eigenvalue weighted by Crippen LogP contribution is -2.41. The van der Waals surface area contributed by atoms with Crippen LogP contribution in [0.4, 0.5) is 0 Å². The second-order valence-corrected chi connectivity index (χ2v) is 9.31. The van der Waals surface area contributed by atoms with Crippen molar-refractivity contribution in [1.82, 2.24) is 10.6 Å². The molecule has 4 aromatic carbocycles. The number of rotatable bonds is 13. The minimum atomic E-state index is -0.269. The fourth-order valence-corrected chi connectivity index (χ4v) is 4.02. The van der Waals surface area contributed by atoms with Gasteiger partial charge >= 0.3 is 0 Å². The third kappa shape index (κ3) is 9.04. The van der Waals surface area contributed by atoms with Crippen LogP contribution in [-0.4, -0.2) is 37.6 Å². The van der Waals surface area contributed by atoms with E-state index in [1.165, 1.54) is 11.1 Å². The van der Waals surface area contributed by atoms with Gasteiger partial charge in [0.25, 0.3) is 11.8 Å². The summed E-state index contributed by atoms with van der Waals surface area (Å²) < 4.78 is 11.7. The third-order valence-corrected chi connectivity index (χ3v) is 6.14. The molecule has 1 unspecified atom stereocenters. The highest BCUT2D eigenvalue weighted by Gasteiger charge is 2.13. The van der Waals surface area contributed by atoms with Gasteiger partial charge in [0, 0.05) is 36.6 Å². The number of carbonyl (C=O) groups is 2. The third-order valence-electron chi connectivity index (χ3n) is 6.14. The van der Waals surface area contributed by atoms with Crippen molar-refractivity contribution in [2.75, 3.05) is 19.8 Å². The van der Waals surface area contributed by atoms with Crippen LogP contribution in [0.2, 0.25) is 0 Å². The van der Waals surface area contributed by atoms with Crippen LogP contribution in [0.5, 0.6) is 11.5 Å². The van der Waals surface area contributed by atoms with Gasteiger partial charge in [0.1, 0.15) is 11.5 Å². The van der Waals surface area contributed by atoms with E-state index in [-0.39, 0.29) is 24.4 Å². The molecule has 0 aromatic heterocycles. The van der Waals surface area contributed by atoms with E-state index in [0.717, 1.165) is 12.8 Å². The summed E-state index contributed by atoms with van der Waals surface area (Å²) in [5.41, 5.74) is 3.41. The van der Waals surface area contributed by atoms with Crippen LogP contribution >= 0.6 is 0 Å². The Kier molecular flexibility index (Phi) is 10.1. The van der Waals surface area contributed by atoms with Crippen molar-refractivity contribution >= 4 is 11.8 Å². The van der Waals surface area contributed by atoms with Crippen LogP contribution in [-0.2, 0) is 12.8 Å². The van der Waals surface area contributed by atoms with Crippen LogP contribution in [0.15, 0.2) is 109 Å². The van der Waals surface area contributed by atoms with Crippen molar-refractivity contribution in [3.63, 3.8) is 0 Å². The van der Waals surface area contributed by atoms with Gasteiger partial charge in [-0.3, -0.25) is 9.59 Å². The fraction of sp³-hybridized carbons (Fsp3) is 0.212. The molecule has 4 aromatic rings. The Bertz CT molecular complexity index is 1340. The average Bonchev–Trinajstić information content (AvgIpc) is 2.97. The number of carbonyl (C=O) groups excluding carboxylic acids is 2. The monoisotopic (exact) mass is 522 g/mol. The zero-order valence-electron chi connectivity index (χ0n) is 22.1. The summed E-state index contributed by atoms with van der Waals surface area (Å²) in [6.07, 6.45) is 1.58. The number of benzene rings is 4. The van der Waals surface area contributed by atoms with Gasteiger partial charge < -0.3 is 20.1 Å². The first-order valence-corrected chi connectivity index (χ1v) is 13.2. The molecular weight excluding hydrogens is 488 g/mol. The molecule has 0 fully saturated rings. The quantitative estimate of drug-likeness (QED) is 0.244. The molecule has 0 aliphatic rings. The lowest BCUT2D eigenvalue weighted by Gasteiger charge is -2.16. The first kappa shape index (κ1) is 27.5. The van der Waals surface area contributed by atoms with Gasteiger partial charge in [0.15, 0.2) is 0 Å². The number of nitrogens with one attached hydrogen (secondary N) is 2. The first-order valence-electron chi connectivity index (χ1n) is 13.2. The summed E-state index contributed by atoms with van der Waals surface area (Å²) in [7, 11) is 0. The van der Waals surface area contributed by atoms with E-state index in [9.17, 15) is 9.59 Å². The van der Waals surface area contributed by atoms with E-state index < -0.39 is 0 Å². The number of hydrogen-bond acceptors (Lipinski definition) is 4. The Morgan fingerprint density at radius 1 is 0.641 bits per heavy atom. The zero-order valence-corrected chi connectivity index (χ0v) is 22.1. The van der Waals surface area contributed by atoms with Crippen LogP contribution in [0.1, 0.15) is 38.8 Å². The molecule has 2 amide bonds. The summed E-state index contributed by atoms with van der Waals surface area (Å²) in [5, 5.41) is 5.82. The Hall–Kier alpha value is -4.58. The fourth-order valence-electron chi connectivity index (χ4n) is 4.02. The molecule has 2 N–H and O–H groups in total. The lowest BCUT2D eigenvalue weighted by atomic mass is 10.1. The smallest absolute Gasteiger partial charge is 0.251 e. The van der Waals surface area contributed by atoms with Crippen molar-refractivity contribution in [1.29, 1.82) is 0 Å². The summed E-state index contributed by atoms with van der Waals surface area (Å²) in [5.74, 6) is 0.841. The van der Waals surface area contributed by atoms with E-state index >= 15 is 0 Å². The Morgan fingerprint density at radius 2 is 1.13 bits per heavy atom. The molecule has 0 radical (unpaired) electrons. The number of ether oxygens (including phenoxy) is 2. The molecule has 0 spiro atoms. The molecule has 6 nitrogen and oxygen atoms in total. The van der Waals surface area contributed by atoms with Gasteiger partial charge in [-0.1, -0.05) is 72.8 Å². The second kappa shape index (κ2) is 14.4. The van der Waals surface area contributed by atoms with Gasteiger partial charge in [-0.2, -0.15) is 0 Å². The van der Waals surface area contributed by atoms with Gasteiger partial charge in [-0.25, -0.2) is 0 Å². The van der Waals surface area contributed by atoms with Crippen molar-refractivity contribution in [2.45, 2.75) is 25.8 Å². The molecule has 4 rings (SSSR count). The van der Waals surface area contributed by atoms with Gasteiger partial charge in [-0.15, -0.1) is 0 Å². The largest absolute Gasteiger partial charge is 0.493 e. The molecule has 200 valence electrons. The number of hydrogen-bond donors (Lipinski definition) is 2. The number of amides is 2. The maximum atomic E-state index is 12.8. The van der Waals surface area contributed by atoms with E-state index in [2.05, 4.69) is 34.9 Å². The van der Waals surface area contributed by atoms with Gasteiger partial charge in [0.05, 0.1) is 13.2 Å². The second-order valence-electron chi connectivity index (χ2n) is 9.31. The van der Waals surface area contributed by atoms with Crippen LogP contribution < -0.4 is 20.1 Å². The topological polar surface area (TPSA) is 76.7 Å². The summed E-state index contributed by atoms with van der Waals surface area (Å²) in [4.78, 5) is 25.5. The Morgan fingerprint density at radius 3 is 1.64 bits per heavy atom. The van der Waals surface area contributed by atoms with E-state index in [1.807, 2.05) is 55.5 Å². The maximum absolute atomic E-state index is 12.8. The van der Waals surface area contributed by atoms with Crippen molar-refractivity contribution in [3.8, 4) is 11.5 Å². The Balaban J connectivity index is 1.20. The average molecular weight is 523 g/mol. The highest BCUT2D eigenvalue weighted by Crippen LogP contribution is 2.15. The van der Waals surface area contributed by atoms with Crippen molar-refractivity contribution in [3.05, 3.63) is 131 Å². The molecule has 0 aliphatic carbocycles.